The largest absolute Gasteiger partial charge is 0.348 e. The van der Waals surface area contributed by atoms with Crippen LogP contribution in [0.4, 0.5) is 5.69 Å². The number of hydrogen-bond donors (Lipinski definition) is 1. The van der Waals surface area contributed by atoms with Crippen molar-refractivity contribution in [2.24, 2.45) is 0 Å². The molecule has 3 aromatic rings. The third kappa shape index (κ3) is 2.16. The number of Topliss-reactive ketones (excluding diaryl/α,β-unsaturated/α-hetero) is 1. The molecule has 1 aliphatic rings. The number of nitrogens with one attached hydrogen (secondary N) is 1. The highest BCUT2D eigenvalue weighted by molar-refractivity contribution is 8.03. The molecule has 0 saturated carbocycles. The number of rotatable bonds is 2. The molecule has 108 valence electrons. The van der Waals surface area contributed by atoms with Gasteiger partial charge in [-0.1, -0.05) is 48.2 Å². The van der Waals surface area contributed by atoms with Crippen LogP contribution < -0.4 is 5.32 Å². The third-order valence-corrected chi connectivity index (χ3v) is 5.81. The normalized spacial score (nSPS) is 15.5. The monoisotopic (exact) mass is 323 g/mol. The van der Waals surface area contributed by atoms with Gasteiger partial charge in [0, 0.05) is 15.9 Å². The Morgan fingerprint density at radius 1 is 1.05 bits per heavy atom. The van der Waals surface area contributed by atoms with Crippen molar-refractivity contribution in [1.82, 2.24) is 0 Å². The molecule has 1 aliphatic heterocycles. The zero-order chi connectivity index (χ0) is 15.1. The molecule has 4 rings (SSSR count). The second-order valence-corrected chi connectivity index (χ2v) is 7.15. The van der Waals surface area contributed by atoms with Gasteiger partial charge >= 0.3 is 0 Å². The van der Waals surface area contributed by atoms with Gasteiger partial charge in [-0.3, -0.25) is 4.79 Å². The number of allylic oxidation sites excluding steroid dienone is 1. The molecule has 0 saturated heterocycles. The Bertz CT molecular complexity index is 910. The summed E-state index contributed by atoms with van der Waals surface area (Å²) in [4.78, 5) is 14.5. The van der Waals surface area contributed by atoms with Crippen molar-refractivity contribution < 1.29 is 4.79 Å². The van der Waals surface area contributed by atoms with E-state index in [9.17, 15) is 4.79 Å². The zero-order valence-corrected chi connectivity index (χ0v) is 13.6. The minimum absolute atomic E-state index is 0.0992. The molecule has 0 radical (unpaired) electrons. The number of hydrogen-bond acceptors (Lipinski definition) is 4. The van der Waals surface area contributed by atoms with Crippen molar-refractivity contribution in [3.63, 3.8) is 0 Å². The standard InChI is InChI=1S/C18H13NOS2/c1-11(17(20)15-7-4-10-21-15)18-19-16-13-6-3-2-5-12(13)8-9-14(16)22-18/h2-10,19H,1H3. The third-order valence-electron chi connectivity index (χ3n) is 3.77. The lowest BCUT2D eigenvalue weighted by molar-refractivity contribution is 0.103. The molecule has 0 unspecified atom stereocenters. The number of carbonyl (C=O) groups excluding carboxylic acids is 1. The maximum Gasteiger partial charge on any atom is 0.201 e. The summed E-state index contributed by atoms with van der Waals surface area (Å²) in [5.41, 5.74) is 1.88. The Morgan fingerprint density at radius 3 is 2.73 bits per heavy atom. The molecular formula is C18H13NOS2. The molecule has 0 aliphatic carbocycles. The Labute approximate surface area is 136 Å². The Kier molecular flexibility index (Phi) is 3.28. The molecular weight excluding hydrogens is 310 g/mol. The van der Waals surface area contributed by atoms with Gasteiger partial charge in [0.15, 0.2) is 0 Å². The molecule has 0 bridgehead atoms. The molecule has 2 aromatic carbocycles. The molecule has 0 fully saturated rings. The minimum atomic E-state index is 0.0992. The van der Waals surface area contributed by atoms with E-state index in [1.54, 1.807) is 11.8 Å². The Morgan fingerprint density at radius 2 is 1.91 bits per heavy atom. The van der Waals surface area contributed by atoms with E-state index in [1.165, 1.54) is 27.0 Å². The summed E-state index contributed by atoms with van der Waals surface area (Å²) in [6.45, 7) is 1.89. The van der Waals surface area contributed by atoms with Gasteiger partial charge in [-0.2, -0.15) is 0 Å². The lowest BCUT2D eigenvalue weighted by Gasteiger charge is -2.06. The molecule has 0 amide bonds. The summed E-state index contributed by atoms with van der Waals surface area (Å²) in [7, 11) is 0. The van der Waals surface area contributed by atoms with Crippen LogP contribution in [0.3, 0.4) is 0 Å². The van der Waals surface area contributed by atoms with Gasteiger partial charge in [-0.15, -0.1) is 11.3 Å². The van der Waals surface area contributed by atoms with E-state index in [1.807, 2.05) is 36.6 Å². The number of ketones is 1. The van der Waals surface area contributed by atoms with Gasteiger partial charge < -0.3 is 5.32 Å². The van der Waals surface area contributed by atoms with Crippen LogP contribution in [-0.4, -0.2) is 5.78 Å². The van der Waals surface area contributed by atoms with Crippen molar-refractivity contribution >= 4 is 45.3 Å². The number of benzene rings is 2. The first kappa shape index (κ1) is 13.6. The van der Waals surface area contributed by atoms with Crippen LogP contribution in [0, 0.1) is 0 Å². The SMILES string of the molecule is CC(C(=O)c1cccs1)=C1Nc2c(ccc3ccccc23)S1. The van der Waals surface area contributed by atoms with Crippen LogP contribution >= 0.6 is 23.1 Å². The first-order valence-corrected chi connectivity index (χ1v) is 8.69. The van der Waals surface area contributed by atoms with E-state index in [0.717, 1.165) is 21.2 Å². The molecule has 0 spiro atoms. The average Bonchev–Trinajstić information content (AvgIpc) is 3.22. The van der Waals surface area contributed by atoms with Crippen LogP contribution in [0.15, 0.2) is 69.4 Å². The minimum Gasteiger partial charge on any atom is -0.348 e. The highest BCUT2D eigenvalue weighted by Gasteiger charge is 2.23. The molecule has 1 N–H and O–H groups in total. The summed E-state index contributed by atoms with van der Waals surface area (Å²) < 4.78 is 0. The number of thiophene rings is 1. The predicted octanol–water partition coefficient (Wildman–Crippen LogP) is 5.53. The van der Waals surface area contributed by atoms with E-state index in [2.05, 4.69) is 29.6 Å². The smallest absolute Gasteiger partial charge is 0.201 e. The molecule has 0 atom stereocenters. The van der Waals surface area contributed by atoms with Crippen molar-refractivity contribution in [3.05, 3.63) is 69.4 Å². The quantitative estimate of drug-likeness (QED) is 0.496. The van der Waals surface area contributed by atoms with Gasteiger partial charge in [0.1, 0.15) is 0 Å². The van der Waals surface area contributed by atoms with Crippen LogP contribution in [0.25, 0.3) is 10.8 Å². The predicted molar refractivity (Wildman–Crippen MR) is 94.8 cm³/mol. The second-order valence-electron chi connectivity index (χ2n) is 5.15. The number of fused-ring (bicyclic) bond motifs is 3. The Hall–Kier alpha value is -2.04. The summed E-state index contributed by atoms with van der Waals surface area (Å²) in [5, 5.41) is 8.71. The fourth-order valence-corrected chi connectivity index (χ4v) is 4.32. The van der Waals surface area contributed by atoms with Crippen molar-refractivity contribution in [2.75, 3.05) is 5.32 Å². The highest BCUT2D eigenvalue weighted by atomic mass is 32.2. The molecule has 22 heavy (non-hydrogen) atoms. The molecule has 4 heteroatoms. The Balaban J connectivity index is 1.76. The van der Waals surface area contributed by atoms with Crippen molar-refractivity contribution in [1.29, 1.82) is 0 Å². The number of carbonyl (C=O) groups is 1. The van der Waals surface area contributed by atoms with E-state index in [0.29, 0.717) is 0 Å². The first-order chi connectivity index (χ1) is 10.7. The van der Waals surface area contributed by atoms with Gasteiger partial charge in [0.2, 0.25) is 5.78 Å². The summed E-state index contributed by atoms with van der Waals surface area (Å²) in [5.74, 6) is 0.0992. The fraction of sp³-hybridized carbons (Fsp3) is 0.0556. The fourth-order valence-electron chi connectivity index (χ4n) is 2.58. The van der Waals surface area contributed by atoms with Gasteiger partial charge in [0.05, 0.1) is 15.6 Å². The van der Waals surface area contributed by atoms with E-state index in [-0.39, 0.29) is 5.78 Å². The number of thioether (sulfide) groups is 1. The summed E-state index contributed by atoms with van der Waals surface area (Å²) in [6, 6.07) is 16.3. The first-order valence-electron chi connectivity index (χ1n) is 7.00. The highest BCUT2D eigenvalue weighted by Crippen LogP contribution is 2.46. The average molecular weight is 323 g/mol. The van der Waals surface area contributed by atoms with Gasteiger partial charge in [-0.25, -0.2) is 0 Å². The molecule has 1 aromatic heterocycles. The van der Waals surface area contributed by atoms with Crippen LogP contribution in [-0.2, 0) is 0 Å². The molecule has 2 heterocycles. The van der Waals surface area contributed by atoms with Gasteiger partial charge in [-0.05, 0) is 29.8 Å². The maximum atomic E-state index is 12.5. The maximum absolute atomic E-state index is 12.5. The van der Waals surface area contributed by atoms with Crippen LogP contribution in [0.2, 0.25) is 0 Å². The van der Waals surface area contributed by atoms with E-state index in [4.69, 9.17) is 0 Å². The van der Waals surface area contributed by atoms with Crippen LogP contribution in [0.5, 0.6) is 0 Å². The van der Waals surface area contributed by atoms with Crippen molar-refractivity contribution in [2.45, 2.75) is 11.8 Å². The number of anilines is 1. The molecule has 2 nitrogen and oxygen atoms in total. The van der Waals surface area contributed by atoms with E-state index >= 15 is 0 Å². The summed E-state index contributed by atoms with van der Waals surface area (Å²) in [6.07, 6.45) is 0. The zero-order valence-electron chi connectivity index (χ0n) is 11.9. The van der Waals surface area contributed by atoms with Crippen LogP contribution in [0.1, 0.15) is 16.6 Å². The van der Waals surface area contributed by atoms with Gasteiger partial charge in [0.25, 0.3) is 0 Å². The van der Waals surface area contributed by atoms with Crippen molar-refractivity contribution in [3.8, 4) is 0 Å². The lowest BCUT2D eigenvalue weighted by Crippen LogP contribution is -2.03. The van der Waals surface area contributed by atoms with E-state index < -0.39 is 0 Å². The second kappa shape index (κ2) is 5.30. The lowest BCUT2D eigenvalue weighted by atomic mass is 10.1. The topological polar surface area (TPSA) is 29.1 Å². The summed E-state index contributed by atoms with van der Waals surface area (Å²) >= 11 is 3.12.